The Morgan fingerprint density at radius 3 is 2.92 bits per heavy atom. The highest BCUT2D eigenvalue weighted by molar-refractivity contribution is 7.15. The first-order valence-electron chi connectivity index (χ1n) is 7.36. The van der Waals surface area contributed by atoms with Crippen molar-refractivity contribution in [3.05, 3.63) is 52.6 Å². The Balaban J connectivity index is 1.69. The topological polar surface area (TPSA) is 93.2 Å². The molecule has 25 heavy (non-hydrogen) atoms. The molecule has 0 saturated heterocycles. The molecule has 128 valence electrons. The Morgan fingerprint density at radius 1 is 1.28 bits per heavy atom. The summed E-state index contributed by atoms with van der Waals surface area (Å²) in [5.74, 6) is -0.847. The molecule has 3 rings (SSSR count). The molecule has 0 aliphatic carbocycles. The maximum absolute atomic E-state index is 12.4. The maximum atomic E-state index is 12.4. The number of amides is 1. The predicted molar refractivity (Wildman–Crippen MR) is 97.9 cm³/mol. The molecule has 3 heterocycles. The van der Waals surface area contributed by atoms with Crippen molar-refractivity contribution in [2.75, 3.05) is 17.2 Å². The summed E-state index contributed by atoms with van der Waals surface area (Å²) in [5.41, 5.74) is 1.38. The van der Waals surface area contributed by atoms with E-state index in [1.54, 1.807) is 42.2 Å². The first kappa shape index (κ1) is 17.1. The Kier molecular flexibility index (Phi) is 5.36. The molecule has 1 amide bonds. The van der Waals surface area contributed by atoms with E-state index in [9.17, 15) is 9.59 Å². The number of hydrogen-bond donors (Lipinski definition) is 2. The molecule has 0 aliphatic rings. The van der Waals surface area contributed by atoms with E-state index in [0.717, 1.165) is 5.69 Å². The minimum Gasteiger partial charge on any atom is -0.462 e. The number of aromatic nitrogens is 2. The fourth-order valence-corrected chi connectivity index (χ4v) is 3.42. The van der Waals surface area contributed by atoms with E-state index in [1.807, 2.05) is 6.07 Å². The summed E-state index contributed by atoms with van der Waals surface area (Å²) in [7, 11) is 0. The van der Waals surface area contributed by atoms with Gasteiger partial charge in [0.05, 0.1) is 24.1 Å². The molecule has 0 unspecified atom stereocenters. The highest BCUT2D eigenvalue weighted by atomic mass is 32.1. The highest BCUT2D eigenvalue weighted by Crippen LogP contribution is 2.26. The van der Waals surface area contributed by atoms with Crippen LogP contribution in [0, 0.1) is 0 Å². The molecule has 0 saturated carbocycles. The van der Waals surface area contributed by atoms with Gasteiger partial charge in [-0.3, -0.25) is 9.78 Å². The third-order valence-corrected chi connectivity index (χ3v) is 4.62. The van der Waals surface area contributed by atoms with Gasteiger partial charge in [0, 0.05) is 11.6 Å². The second kappa shape index (κ2) is 7.86. The van der Waals surface area contributed by atoms with Gasteiger partial charge in [0.25, 0.3) is 5.91 Å². The monoisotopic (exact) mass is 374 g/mol. The van der Waals surface area contributed by atoms with E-state index in [0.29, 0.717) is 15.7 Å². The molecule has 0 spiro atoms. The van der Waals surface area contributed by atoms with Crippen LogP contribution in [0.4, 0.5) is 15.8 Å². The summed E-state index contributed by atoms with van der Waals surface area (Å²) >= 11 is 2.56. The zero-order chi connectivity index (χ0) is 17.6. The minimum absolute atomic E-state index is 0.264. The molecule has 7 nitrogen and oxygen atoms in total. The van der Waals surface area contributed by atoms with Gasteiger partial charge in [0.15, 0.2) is 5.13 Å². The van der Waals surface area contributed by atoms with Crippen molar-refractivity contribution in [3.63, 3.8) is 0 Å². The first-order chi connectivity index (χ1) is 12.2. The Hall–Kier alpha value is -2.78. The third-order valence-electron chi connectivity index (χ3n) is 3.04. The van der Waals surface area contributed by atoms with Crippen LogP contribution < -0.4 is 10.6 Å². The van der Waals surface area contributed by atoms with Crippen LogP contribution in [0.15, 0.2) is 41.4 Å². The number of carbonyl (C=O) groups is 2. The molecule has 0 atom stereocenters. The number of anilines is 3. The van der Waals surface area contributed by atoms with Crippen LogP contribution in [0.3, 0.4) is 0 Å². The predicted octanol–water partition coefficient (Wildman–Crippen LogP) is 3.77. The number of thiazole rings is 1. The zero-order valence-electron chi connectivity index (χ0n) is 13.2. The van der Waals surface area contributed by atoms with E-state index in [2.05, 4.69) is 20.6 Å². The number of nitrogens with zero attached hydrogens (tertiary/aromatic N) is 2. The molecular formula is C16H14N4O3S2. The number of esters is 1. The molecule has 0 aliphatic heterocycles. The minimum atomic E-state index is -0.462. The van der Waals surface area contributed by atoms with E-state index in [4.69, 9.17) is 4.74 Å². The van der Waals surface area contributed by atoms with Crippen LogP contribution in [0.25, 0.3) is 0 Å². The Bertz CT molecular complexity index is 876. The maximum Gasteiger partial charge on any atom is 0.341 e. The summed E-state index contributed by atoms with van der Waals surface area (Å²) < 4.78 is 4.97. The van der Waals surface area contributed by atoms with Crippen LogP contribution in [-0.2, 0) is 4.74 Å². The molecule has 0 aromatic carbocycles. The molecule has 3 aromatic rings. The van der Waals surface area contributed by atoms with Crippen molar-refractivity contribution < 1.29 is 14.3 Å². The van der Waals surface area contributed by atoms with Crippen molar-refractivity contribution in [1.82, 2.24) is 9.97 Å². The van der Waals surface area contributed by atoms with Crippen LogP contribution in [0.1, 0.15) is 27.8 Å². The average molecular weight is 374 g/mol. The van der Waals surface area contributed by atoms with Gasteiger partial charge in [-0.05, 0) is 30.5 Å². The number of nitrogens with one attached hydrogen (secondary N) is 2. The van der Waals surface area contributed by atoms with Gasteiger partial charge in [-0.1, -0.05) is 0 Å². The van der Waals surface area contributed by atoms with E-state index in [-0.39, 0.29) is 18.2 Å². The average Bonchev–Trinajstić information content (AvgIpc) is 3.25. The quantitative estimate of drug-likeness (QED) is 0.638. The van der Waals surface area contributed by atoms with Gasteiger partial charge in [0.2, 0.25) is 0 Å². The molecule has 0 radical (unpaired) electrons. The molecule has 0 fully saturated rings. The lowest BCUT2D eigenvalue weighted by atomic mass is 10.3. The standard InChI is InChI=1S/C16H14N4O3S2/c1-2-23-15(22)11-5-7-24-14(11)20-13(21)12-9-25-16(19-12)18-10-4-3-6-17-8-10/h3-9H,2H2,1H3,(H,18,19)(H,20,21). The van der Waals surface area contributed by atoms with Crippen LogP contribution in [-0.4, -0.2) is 28.5 Å². The highest BCUT2D eigenvalue weighted by Gasteiger charge is 2.18. The molecular weight excluding hydrogens is 360 g/mol. The summed E-state index contributed by atoms with van der Waals surface area (Å²) in [4.78, 5) is 32.5. The third kappa shape index (κ3) is 4.20. The van der Waals surface area contributed by atoms with E-state index in [1.165, 1.54) is 22.7 Å². The number of hydrogen-bond acceptors (Lipinski definition) is 8. The van der Waals surface area contributed by atoms with Crippen LogP contribution in [0.2, 0.25) is 0 Å². The Morgan fingerprint density at radius 2 is 2.16 bits per heavy atom. The number of rotatable bonds is 6. The lowest BCUT2D eigenvalue weighted by molar-refractivity contribution is 0.0528. The van der Waals surface area contributed by atoms with Gasteiger partial charge in [0.1, 0.15) is 10.7 Å². The number of pyridine rings is 1. The molecule has 9 heteroatoms. The van der Waals surface area contributed by atoms with Crippen molar-refractivity contribution in [2.24, 2.45) is 0 Å². The largest absolute Gasteiger partial charge is 0.462 e. The number of thiophene rings is 1. The SMILES string of the molecule is CCOC(=O)c1ccsc1NC(=O)c1csc(Nc2cccnc2)n1. The first-order valence-corrected chi connectivity index (χ1v) is 9.12. The lowest BCUT2D eigenvalue weighted by Crippen LogP contribution is -2.14. The smallest absolute Gasteiger partial charge is 0.341 e. The van der Waals surface area contributed by atoms with Crippen molar-refractivity contribution in [3.8, 4) is 0 Å². The van der Waals surface area contributed by atoms with E-state index < -0.39 is 5.97 Å². The van der Waals surface area contributed by atoms with Crippen molar-refractivity contribution in [1.29, 1.82) is 0 Å². The second-order valence-electron chi connectivity index (χ2n) is 4.74. The summed E-state index contributed by atoms with van der Waals surface area (Å²) in [6.45, 7) is 2.01. The van der Waals surface area contributed by atoms with Crippen molar-refractivity contribution in [2.45, 2.75) is 6.92 Å². The van der Waals surface area contributed by atoms with Gasteiger partial charge in [-0.25, -0.2) is 9.78 Å². The lowest BCUT2D eigenvalue weighted by Gasteiger charge is -2.04. The molecule has 3 aromatic heterocycles. The second-order valence-corrected chi connectivity index (χ2v) is 6.52. The van der Waals surface area contributed by atoms with Crippen molar-refractivity contribution >= 4 is 50.4 Å². The fourth-order valence-electron chi connectivity index (χ4n) is 1.94. The molecule has 0 bridgehead atoms. The fraction of sp³-hybridized carbons (Fsp3) is 0.125. The Labute approximate surface area is 151 Å². The number of carbonyl (C=O) groups excluding carboxylic acids is 2. The van der Waals surface area contributed by atoms with Gasteiger partial charge in [-0.15, -0.1) is 22.7 Å². The van der Waals surface area contributed by atoms with Crippen LogP contribution >= 0.6 is 22.7 Å². The summed E-state index contributed by atoms with van der Waals surface area (Å²) in [6.07, 6.45) is 3.34. The summed E-state index contributed by atoms with van der Waals surface area (Å²) in [5, 5.41) is 10.2. The van der Waals surface area contributed by atoms with E-state index >= 15 is 0 Å². The normalized spacial score (nSPS) is 10.3. The van der Waals surface area contributed by atoms with Gasteiger partial charge in [-0.2, -0.15) is 0 Å². The summed E-state index contributed by atoms with van der Waals surface area (Å²) in [6, 6.07) is 5.28. The number of ether oxygens (including phenoxy) is 1. The van der Waals surface area contributed by atoms with Gasteiger partial charge >= 0.3 is 5.97 Å². The van der Waals surface area contributed by atoms with Crippen LogP contribution in [0.5, 0.6) is 0 Å². The van der Waals surface area contributed by atoms with Gasteiger partial charge < -0.3 is 15.4 Å². The zero-order valence-corrected chi connectivity index (χ0v) is 14.8. The molecule has 2 N–H and O–H groups in total.